The number of benzene rings is 1. The van der Waals surface area contributed by atoms with E-state index in [9.17, 15) is 5.11 Å². The maximum absolute atomic E-state index is 10.0. The van der Waals surface area contributed by atoms with E-state index in [1.807, 2.05) is 23.0 Å². The van der Waals surface area contributed by atoms with E-state index in [4.69, 9.17) is 0 Å². The van der Waals surface area contributed by atoms with Gasteiger partial charge in [-0.25, -0.2) is 4.68 Å². The van der Waals surface area contributed by atoms with Crippen LogP contribution in [0.15, 0.2) is 24.4 Å². The van der Waals surface area contributed by atoms with E-state index in [0.717, 1.165) is 16.8 Å². The number of phenolic OH excluding ortho intramolecular Hbond substituents is 1. The highest BCUT2D eigenvalue weighted by atomic mass is 16.3. The van der Waals surface area contributed by atoms with Gasteiger partial charge in [0.05, 0.1) is 11.7 Å². The van der Waals surface area contributed by atoms with E-state index in [0.29, 0.717) is 11.7 Å². The zero-order valence-electron chi connectivity index (χ0n) is 12.2. The first-order chi connectivity index (χ1) is 8.79. The van der Waals surface area contributed by atoms with E-state index in [2.05, 4.69) is 44.9 Å². The molecule has 0 bridgehead atoms. The molecule has 1 N–H and O–H groups in total. The molecule has 0 amide bonds. The van der Waals surface area contributed by atoms with Gasteiger partial charge in [0, 0.05) is 5.56 Å². The van der Waals surface area contributed by atoms with Crippen molar-refractivity contribution in [3.8, 4) is 17.0 Å². The number of aromatic nitrogens is 3. The molecular weight excluding hydrogens is 238 g/mol. The molecule has 0 radical (unpaired) electrons. The van der Waals surface area contributed by atoms with Crippen LogP contribution in [0.25, 0.3) is 11.3 Å². The summed E-state index contributed by atoms with van der Waals surface area (Å²) < 4.78 is 1.83. The molecule has 1 heterocycles. The van der Waals surface area contributed by atoms with E-state index in [-0.39, 0.29) is 5.54 Å². The summed E-state index contributed by atoms with van der Waals surface area (Å²) in [5.41, 5.74) is 2.52. The van der Waals surface area contributed by atoms with E-state index in [1.54, 1.807) is 6.07 Å². The fourth-order valence-corrected chi connectivity index (χ4v) is 1.92. The van der Waals surface area contributed by atoms with Gasteiger partial charge in [0.25, 0.3) is 0 Å². The van der Waals surface area contributed by atoms with Gasteiger partial charge in [-0.1, -0.05) is 31.2 Å². The first kappa shape index (κ1) is 13.6. The monoisotopic (exact) mass is 259 g/mol. The lowest BCUT2D eigenvalue weighted by molar-refractivity contribution is 0.347. The predicted octanol–water partition coefficient (Wildman–Crippen LogP) is 3.53. The van der Waals surface area contributed by atoms with Crippen LogP contribution in [0.2, 0.25) is 0 Å². The third-order valence-electron chi connectivity index (χ3n) is 3.13. The first-order valence-corrected chi connectivity index (χ1v) is 6.55. The lowest BCUT2D eigenvalue weighted by Gasteiger charge is -2.17. The lowest BCUT2D eigenvalue weighted by atomic mass is 9.99. The molecule has 0 aliphatic heterocycles. The highest BCUT2D eigenvalue weighted by molar-refractivity contribution is 5.61. The molecule has 0 spiro atoms. The molecule has 2 rings (SSSR count). The van der Waals surface area contributed by atoms with Gasteiger partial charge in [-0.3, -0.25) is 0 Å². The Kier molecular flexibility index (Phi) is 3.35. The number of hydrogen-bond acceptors (Lipinski definition) is 3. The van der Waals surface area contributed by atoms with Crippen molar-refractivity contribution in [2.45, 2.75) is 46.1 Å². The standard InChI is InChI=1S/C15H21N3O/c1-10(2)12-7-6-11(8-14(12)19)13-9-18(17-16-13)15(3,4)5/h6-10,19H,1-5H3. The highest BCUT2D eigenvalue weighted by Crippen LogP contribution is 2.30. The summed E-state index contributed by atoms with van der Waals surface area (Å²) >= 11 is 0. The molecule has 2 aromatic rings. The molecule has 0 fully saturated rings. The van der Waals surface area contributed by atoms with Crippen molar-refractivity contribution in [1.29, 1.82) is 0 Å². The van der Waals surface area contributed by atoms with Crippen molar-refractivity contribution >= 4 is 0 Å². The molecule has 102 valence electrons. The zero-order valence-corrected chi connectivity index (χ0v) is 12.2. The van der Waals surface area contributed by atoms with Crippen molar-refractivity contribution in [3.63, 3.8) is 0 Å². The normalized spacial score (nSPS) is 12.1. The molecule has 0 aliphatic carbocycles. The molecule has 0 unspecified atom stereocenters. The van der Waals surface area contributed by atoms with E-state index in [1.165, 1.54) is 0 Å². The second kappa shape index (κ2) is 4.68. The molecule has 19 heavy (non-hydrogen) atoms. The zero-order chi connectivity index (χ0) is 14.2. The van der Waals surface area contributed by atoms with Crippen LogP contribution in [0, 0.1) is 0 Å². The second-order valence-electron chi connectivity index (χ2n) is 6.15. The topological polar surface area (TPSA) is 50.9 Å². The summed E-state index contributed by atoms with van der Waals surface area (Å²) in [6, 6.07) is 5.68. The third-order valence-corrected chi connectivity index (χ3v) is 3.13. The Hall–Kier alpha value is -1.84. The molecule has 0 saturated heterocycles. The minimum atomic E-state index is -0.0921. The van der Waals surface area contributed by atoms with Gasteiger partial charge in [-0.2, -0.15) is 0 Å². The molecule has 0 aliphatic rings. The lowest BCUT2D eigenvalue weighted by Crippen LogP contribution is -2.22. The molecule has 0 atom stereocenters. The second-order valence-corrected chi connectivity index (χ2v) is 6.15. The summed E-state index contributed by atoms with van der Waals surface area (Å²) in [5, 5.41) is 18.3. The Morgan fingerprint density at radius 3 is 2.37 bits per heavy atom. The van der Waals surface area contributed by atoms with Crippen LogP contribution < -0.4 is 0 Å². The van der Waals surface area contributed by atoms with Crippen LogP contribution >= 0.6 is 0 Å². The molecule has 1 aromatic carbocycles. The number of phenols is 1. The fraction of sp³-hybridized carbons (Fsp3) is 0.467. The Morgan fingerprint density at radius 2 is 1.89 bits per heavy atom. The van der Waals surface area contributed by atoms with Crippen molar-refractivity contribution in [2.75, 3.05) is 0 Å². The molecule has 0 saturated carbocycles. The minimum absolute atomic E-state index is 0.0921. The van der Waals surface area contributed by atoms with Crippen LogP contribution in [-0.4, -0.2) is 20.1 Å². The van der Waals surface area contributed by atoms with Crippen LogP contribution in [0.4, 0.5) is 0 Å². The highest BCUT2D eigenvalue weighted by Gasteiger charge is 2.16. The van der Waals surface area contributed by atoms with Gasteiger partial charge < -0.3 is 5.11 Å². The Labute approximate surface area is 114 Å². The Bertz CT molecular complexity index is 579. The predicted molar refractivity (Wildman–Crippen MR) is 76.2 cm³/mol. The van der Waals surface area contributed by atoms with Gasteiger partial charge in [0.1, 0.15) is 11.4 Å². The molecule has 4 heteroatoms. The largest absolute Gasteiger partial charge is 0.508 e. The van der Waals surface area contributed by atoms with Crippen molar-refractivity contribution in [1.82, 2.24) is 15.0 Å². The van der Waals surface area contributed by atoms with Gasteiger partial charge in [0.2, 0.25) is 0 Å². The van der Waals surface area contributed by atoms with E-state index < -0.39 is 0 Å². The number of nitrogens with zero attached hydrogens (tertiary/aromatic N) is 3. The van der Waals surface area contributed by atoms with Gasteiger partial charge in [0.15, 0.2) is 0 Å². The van der Waals surface area contributed by atoms with Gasteiger partial charge in [-0.05, 0) is 38.3 Å². The van der Waals surface area contributed by atoms with Crippen molar-refractivity contribution in [2.24, 2.45) is 0 Å². The Morgan fingerprint density at radius 1 is 1.21 bits per heavy atom. The third kappa shape index (κ3) is 2.78. The quantitative estimate of drug-likeness (QED) is 0.897. The van der Waals surface area contributed by atoms with Crippen molar-refractivity contribution < 1.29 is 5.11 Å². The van der Waals surface area contributed by atoms with Gasteiger partial charge >= 0.3 is 0 Å². The van der Waals surface area contributed by atoms with Crippen molar-refractivity contribution in [3.05, 3.63) is 30.0 Å². The van der Waals surface area contributed by atoms with Gasteiger partial charge in [-0.15, -0.1) is 5.10 Å². The van der Waals surface area contributed by atoms with Crippen LogP contribution in [0.1, 0.15) is 46.1 Å². The molecule has 4 nitrogen and oxygen atoms in total. The Balaban J connectivity index is 2.38. The smallest absolute Gasteiger partial charge is 0.119 e. The number of aromatic hydroxyl groups is 1. The first-order valence-electron chi connectivity index (χ1n) is 6.55. The summed E-state index contributed by atoms with van der Waals surface area (Å²) in [6.45, 7) is 10.3. The summed E-state index contributed by atoms with van der Waals surface area (Å²) in [6.07, 6.45) is 1.91. The fourth-order valence-electron chi connectivity index (χ4n) is 1.92. The summed E-state index contributed by atoms with van der Waals surface area (Å²) in [4.78, 5) is 0. The maximum Gasteiger partial charge on any atom is 0.119 e. The van der Waals surface area contributed by atoms with Crippen LogP contribution in [0.5, 0.6) is 5.75 Å². The van der Waals surface area contributed by atoms with E-state index >= 15 is 0 Å². The summed E-state index contributed by atoms with van der Waals surface area (Å²) in [7, 11) is 0. The minimum Gasteiger partial charge on any atom is -0.508 e. The average Bonchev–Trinajstić information content (AvgIpc) is 2.76. The average molecular weight is 259 g/mol. The molecule has 1 aromatic heterocycles. The molecular formula is C15H21N3O. The summed E-state index contributed by atoms with van der Waals surface area (Å²) in [5.74, 6) is 0.622. The number of rotatable bonds is 2. The SMILES string of the molecule is CC(C)c1ccc(-c2cn(C(C)(C)C)nn2)cc1O. The van der Waals surface area contributed by atoms with Crippen LogP contribution in [-0.2, 0) is 5.54 Å². The number of hydrogen-bond donors (Lipinski definition) is 1. The maximum atomic E-state index is 10.0. The van der Waals surface area contributed by atoms with Crippen LogP contribution in [0.3, 0.4) is 0 Å².